The second-order valence-electron chi connectivity index (χ2n) is 4.67. The van der Waals surface area contributed by atoms with E-state index in [9.17, 15) is 4.79 Å². The molecule has 2 aromatic carbocycles. The number of nitrogens with zero attached hydrogens (tertiary/aromatic N) is 1. The molecule has 0 saturated heterocycles. The third kappa shape index (κ3) is 1.41. The van der Waals surface area contributed by atoms with Crippen molar-refractivity contribution in [3.63, 3.8) is 0 Å². The SMILES string of the molecule is O=C(Cl)c1c(Cl)nc2cccc3c2c1-c1ccccc1-3. The number of fused-ring (bicyclic) bond motifs is 3. The summed E-state index contributed by atoms with van der Waals surface area (Å²) in [4.78, 5) is 16.1. The zero-order valence-corrected chi connectivity index (χ0v) is 11.7. The summed E-state index contributed by atoms with van der Waals surface area (Å²) < 4.78 is 0. The molecule has 20 heavy (non-hydrogen) atoms. The van der Waals surface area contributed by atoms with E-state index in [-0.39, 0.29) is 5.15 Å². The molecule has 1 aliphatic carbocycles. The van der Waals surface area contributed by atoms with Gasteiger partial charge in [0.25, 0.3) is 5.24 Å². The average Bonchev–Trinajstić information content (AvgIpc) is 2.76. The van der Waals surface area contributed by atoms with Gasteiger partial charge in [0.2, 0.25) is 0 Å². The molecular formula is C16H7Cl2NO. The van der Waals surface area contributed by atoms with Gasteiger partial charge in [0.15, 0.2) is 0 Å². The zero-order valence-electron chi connectivity index (χ0n) is 10.2. The van der Waals surface area contributed by atoms with Crippen molar-refractivity contribution in [3.8, 4) is 22.3 Å². The van der Waals surface area contributed by atoms with E-state index in [0.29, 0.717) is 5.56 Å². The summed E-state index contributed by atoms with van der Waals surface area (Å²) in [5.41, 5.74) is 4.99. The van der Waals surface area contributed by atoms with Gasteiger partial charge in [-0.3, -0.25) is 4.79 Å². The highest BCUT2D eigenvalue weighted by molar-refractivity contribution is 6.69. The van der Waals surface area contributed by atoms with E-state index >= 15 is 0 Å². The fraction of sp³-hybridized carbons (Fsp3) is 0. The topological polar surface area (TPSA) is 30.0 Å². The minimum absolute atomic E-state index is 0.154. The Labute approximate surface area is 125 Å². The molecule has 2 nitrogen and oxygen atoms in total. The van der Waals surface area contributed by atoms with Crippen LogP contribution in [0.25, 0.3) is 33.2 Å². The second-order valence-corrected chi connectivity index (χ2v) is 5.37. The molecule has 1 heterocycles. The fourth-order valence-electron chi connectivity index (χ4n) is 2.89. The third-order valence-electron chi connectivity index (χ3n) is 3.65. The molecule has 1 aromatic heterocycles. The minimum Gasteiger partial charge on any atom is -0.275 e. The molecule has 0 aliphatic heterocycles. The van der Waals surface area contributed by atoms with Crippen molar-refractivity contribution in [1.82, 2.24) is 4.98 Å². The van der Waals surface area contributed by atoms with Crippen molar-refractivity contribution in [3.05, 3.63) is 53.2 Å². The molecule has 96 valence electrons. The van der Waals surface area contributed by atoms with Crippen LogP contribution in [0, 0.1) is 0 Å². The summed E-state index contributed by atoms with van der Waals surface area (Å²) in [6.07, 6.45) is 0. The molecule has 0 fully saturated rings. The molecule has 0 N–H and O–H groups in total. The molecule has 4 rings (SSSR count). The minimum atomic E-state index is -0.578. The van der Waals surface area contributed by atoms with Crippen LogP contribution in [-0.4, -0.2) is 10.2 Å². The first-order chi connectivity index (χ1) is 9.68. The number of carbonyl (C=O) groups is 1. The van der Waals surface area contributed by atoms with Crippen molar-refractivity contribution in [2.45, 2.75) is 0 Å². The van der Waals surface area contributed by atoms with Crippen LogP contribution < -0.4 is 0 Å². The highest BCUT2D eigenvalue weighted by Gasteiger charge is 2.28. The molecular weight excluding hydrogens is 293 g/mol. The summed E-state index contributed by atoms with van der Waals surface area (Å²) >= 11 is 11.9. The standard InChI is InChI=1S/C16H7Cl2NO/c17-15-14(16(18)20)13-10-5-2-1-4-8(10)9-6-3-7-11(19-15)12(9)13/h1-7H. The summed E-state index contributed by atoms with van der Waals surface area (Å²) in [6.45, 7) is 0. The number of aromatic nitrogens is 1. The lowest BCUT2D eigenvalue weighted by molar-refractivity contribution is 0.108. The Bertz CT molecular complexity index is 902. The van der Waals surface area contributed by atoms with Crippen LogP contribution >= 0.6 is 23.2 Å². The van der Waals surface area contributed by atoms with Crippen LogP contribution in [-0.2, 0) is 0 Å². The van der Waals surface area contributed by atoms with E-state index in [1.807, 2.05) is 42.5 Å². The summed E-state index contributed by atoms with van der Waals surface area (Å²) in [5, 5.41) is 0.523. The number of benzene rings is 2. The largest absolute Gasteiger partial charge is 0.275 e. The van der Waals surface area contributed by atoms with E-state index in [0.717, 1.165) is 33.2 Å². The first kappa shape index (κ1) is 11.9. The van der Waals surface area contributed by atoms with Crippen LogP contribution in [0.15, 0.2) is 42.5 Å². The molecule has 0 radical (unpaired) electrons. The Balaban J connectivity index is 2.31. The normalized spacial score (nSPS) is 11.7. The van der Waals surface area contributed by atoms with Gasteiger partial charge in [-0.25, -0.2) is 4.98 Å². The maximum Gasteiger partial charge on any atom is 0.256 e. The summed E-state index contributed by atoms with van der Waals surface area (Å²) in [7, 11) is 0. The quantitative estimate of drug-likeness (QED) is 0.369. The molecule has 3 aromatic rings. The highest BCUT2D eigenvalue weighted by Crippen LogP contribution is 2.49. The number of hydrogen-bond acceptors (Lipinski definition) is 2. The third-order valence-corrected chi connectivity index (χ3v) is 4.11. The van der Waals surface area contributed by atoms with Crippen molar-refractivity contribution < 1.29 is 4.79 Å². The maximum absolute atomic E-state index is 11.8. The van der Waals surface area contributed by atoms with Gasteiger partial charge in [0.1, 0.15) is 5.15 Å². The van der Waals surface area contributed by atoms with Crippen LogP contribution in [0.2, 0.25) is 5.15 Å². The monoisotopic (exact) mass is 299 g/mol. The van der Waals surface area contributed by atoms with Gasteiger partial charge in [-0.05, 0) is 34.4 Å². The van der Waals surface area contributed by atoms with Crippen molar-refractivity contribution in [1.29, 1.82) is 0 Å². The van der Waals surface area contributed by atoms with Gasteiger partial charge in [-0.15, -0.1) is 0 Å². The molecule has 0 bridgehead atoms. The molecule has 1 aliphatic rings. The lowest BCUT2D eigenvalue weighted by Gasteiger charge is -2.08. The lowest BCUT2D eigenvalue weighted by Crippen LogP contribution is -1.97. The van der Waals surface area contributed by atoms with Crippen LogP contribution in [0.4, 0.5) is 0 Å². The number of rotatable bonds is 1. The Kier molecular flexibility index (Phi) is 2.40. The van der Waals surface area contributed by atoms with E-state index < -0.39 is 5.24 Å². The van der Waals surface area contributed by atoms with Gasteiger partial charge in [0.05, 0.1) is 11.1 Å². The van der Waals surface area contributed by atoms with E-state index in [1.54, 1.807) is 0 Å². The van der Waals surface area contributed by atoms with Crippen molar-refractivity contribution >= 4 is 39.3 Å². The fourth-order valence-corrected chi connectivity index (χ4v) is 3.40. The average molecular weight is 300 g/mol. The lowest BCUT2D eigenvalue weighted by atomic mass is 10.0. The molecule has 0 saturated carbocycles. The van der Waals surface area contributed by atoms with Crippen LogP contribution in [0.3, 0.4) is 0 Å². The Morgan fingerprint density at radius 3 is 2.40 bits per heavy atom. The van der Waals surface area contributed by atoms with Crippen LogP contribution in [0.1, 0.15) is 10.4 Å². The van der Waals surface area contributed by atoms with E-state index in [1.165, 1.54) is 0 Å². The highest BCUT2D eigenvalue weighted by atomic mass is 35.5. The first-order valence-corrected chi connectivity index (χ1v) is 6.86. The predicted molar refractivity (Wildman–Crippen MR) is 81.4 cm³/mol. The zero-order chi connectivity index (χ0) is 13.9. The van der Waals surface area contributed by atoms with Gasteiger partial charge in [0, 0.05) is 10.9 Å². The van der Waals surface area contributed by atoms with Crippen molar-refractivity contribution in [2.75, 3.05) is 0 Å². The van der Waals surface area contributed by atoms with Crippen LogP contribution in [0.5, 0.6) is 0 Å². The van der Waals surface area contributed by atoms with Gasteiger partial charge in [-0.2, -0.15) is 0 Å². The number of hydrogen-bond donors (Lipinski definition) is 0. The summed E-state index contributed by atoms with van der Waals surface area (Å²) in [5.74, 6) is 0. The Morgan fingerprint density at radius 1 is 0.950 bits per heavy atom. The van der Waals surface area contributed by atoms with E-state index in [4.69, 9.17) is 23.2 Å². The molecule has 4 heteroatoms. The maximum atomic E-state index is 11.8. The molecule has 0 atom stereocenters. The van der Waals surface area contributed by atoms with Gasteiger partial charge >= 0.3 is 0 Å². The molecule has 0 spiro atoms. The number of halogens is 2. The predicted octanol–water partition coefficient (Wildman–Crippen LogP) is 4.91. The molecule has 0 amide bonds. The Hall–Kier alpha value is -1.90. The second kappa shape index (κ2) is 4.05. The van der Waals surface area contributed by atoms with Gasteiger partial charge < -0.3 is 0 Å². The van der Waals surface area contributed by atoms with Gasteiger partial charge in [-0.1, -0.05) is 48.0 Å². The van der Waals surface area contributed by atoms with Crippen molar-refractivity contribution in [2.24, 2.45) is 0 Å². The smallest absolute Gasteiger partial charge is 0.256 e. The number of carbonyl (C=O) groups excluding carboxylic acids is 1. The van der Waals surface area contributed by atoms with E-state index in [2.05, 4.69) is 4.98 Å². The first-order valence-electron chi connectivity index (χ1n) is 6.10. The molecule has 0 unspecified atom stereocenters. The Morgan fingerprint density at radius 2 is 1.65 bits per heavy atom. The number of pyridine rings is 1. The summed E-state index contributed by atoms with van der Waals surface area (Å²) in [6, 6.07) is 13.8.